The fraction of sp³-hybridized carbons (Fsp3) is 0.273. The van der Waals surface area contributed by atoms with E-state index in [-0.39, 0.29) is 4.83 Å². The van der Waals surface area contributed by atoms with E-state index in [4.69, 9.17) is 0 Å². The average molecular weight is 345 g/mol. The molecule has 84 valence electrons. The van der Waals surface area contributed by atoms with Crippen LogP contribution in [0.3, 0.4) is 0 Å². The molecule has 0 fully saturated rings. The Hall–Kier alpha value is -0.680. The standard InChI is InChI=1S/C11H11Br2N3/c1-2-10(13)11-7-16(15-14-11)9-5-3-4-8(12)6-9/h3-7,10H,2H2,1H3. The molecule has 5 heteroatoms. The van der Waals surface area contributed by atoms with Crippen molar-refractivity contribution in [2.75, 3.05) is 0 Å². The molecule has 0 saturated heterocycles. The third-order valence-corrected chi connectivity index (χ3v) is 3.87. The van der Waals surface area contributed by atoms with Gasteiger partial charge >= 0.3 is 0 Å². The first-order valence-corrected chi connectivity index (χ1v) is 6.74. The molecule has 1 unspecified atom stereocenters. The maximum atomic E-state index is 4.14. The van der Waals surface area contributed by atoms with E-state index in [0.717, 1.165) is 22.3 Å². The van der Waals surface area contributed by atoms with E-state index in [1.54, 1.807) is 4.68 Å². The van der Waals surface area contributed by atoms with Crippen LogP contribution in [0, 0.1) is 0 Å². The highest BCUT2D eigenvalue weighted by Crippen LogP contribution is 2.24. The average Bonchev–Trinajstić information content (AvgIpc) is 2.77. The Balaban J connectivity index is 2.31. The molecule has 0 aliphatic rings. The van der Waals surface area contributed by atoms with Crippen LogP contribution < -0.4 is 0 Å². The summed E-state index contributed by atoms with van der Waals surface area (Å²) >= 11 is 7.00. The highest BCUT2D eigenvalue weighted by Gasteiger charge is 2.10. The lowest BCUT2D eigenvalue weighted by molar-refractivity contribution is 0.790. The van der Waals surface area contributed by atoms with Crippen LogP contribution in [0.5, 0.6) is 0 Å². The number of nitrogens with zero attached hydrogens (tertiary/aromatic N) is 3. The second kappa shape index (κ2) is 5.10. The minimum absolute atomic E-state index is 0.272. The van der Waals surface area contributed by atoms with Gasteiger partial charge < -0.3 is 0 Å². The molecular formula is C11H11Br2N3. The van der Waals surface area contributed by atoms with Crippen LogP contribution in [-0.4, -0.2) is 15.0 Å². The molecular weight excluding hydrogens is 334 g/mol. The first kappa shape index (κ1) is 11.8. The van der Waals surface area contributed by atoms with Gasteiger partial charge in [-0.05, 0) is 24.6 Å². The molecule has 1 aromatic heterocycles. The van der Waals surface area contributed by atoms with Crippen molar-refractivity contribution in [2.24, 2.45) is 0 Å². The Morgan fingerprint density at radius 1 is 1.44 bits per heavy atom. The summed E-state index contributed by atoms with van der Waals surface area (Å²) in [7, 11) is 0. The summed E-state index contributed by atoms with van der Waals surface area (Å²) in [4.78, 5) is 0.272. The predicted octanol–water partition coefficient (Wildman–Crippen LogP) is 3.88. The van der Waals surface area contributed by atoms with Crippen LogP contribution in [0.1, 0.15) is 23.9 Å². The number of rotatable bonds is 3. The van der Waals surface area contributed by atoms with Gasteiger partial charge in [0.25, 0.3) is 0 Å². The number of halogens is 2. The van der Waals surface area contributed by atoms with Gasteiger partial charge in [-0.15, -0.1) is 5.10 Å². The van der Waals surface area contributed by atoms with Crippen molar-refractivity contribution in [1.29, 1.82) is 0 Å². The van der Waals surface area contributed by atoms with Gasteiger partial charge in [0, 0.05) is 4.47 Å². The van der Waals surface area contributed by atoms with E-state index < -0.39 is 0 Å². The van der Waals surface area contributed by atoms with Gasteiger partial charge in [-0.25, -0.2) is 4.68 Å². The smallest absolute Gasteiger partial charge is 0.0967 e. The van der Waals surface area contributed by atoms with Crippen molar-refractivity contribution in [3.8, 4) is 5.69 Å². The van der Waals surface area contributed by atoms with Gasteiger partial charge in [0.2, 0.25) is 0 Å². The van der Waals surface area contributed by atoms with E-state index in [1.807, 2.05) is 30.5 Å². The van der Waals surface area contributed by atoms with Crippen molar-refractivity contribution < 1.29 is 0 Å². The summed E-state index contributed by atoms with van der Waals surface area (Å²) in [6, 6.07) is 7.97. The minimum atomic E-state index is 0.272. The molecule has 0 spiro atoms. The molecule has 0 amide bonds. The maximum Gasteiger partial charge on any atom is 0.0967 e. The molecule has 0 aliphatic heterocycles. The van der Waals surface area contributed by atoms with E-state index in [1.165, 1.54) is 0 Å². The molecule has 1 heterocycles. The van der Waals surface area contributed by atoms with Crippen molar-refractivity contribution in [3.63, 3.8) is 0 Å². The highest BCUT2D eigenvalue weighted by atomic mass is 79.9. The zero-order valence-corrected chi connectivity index (χ0v) is 11.9. The van der Waals surface area contributed by atoms with Crippen LogP contribution in [0.4, 0.5) is 0 Å². The minimum Gasteiger partial charge on any atom is -0.220 e. The molecule has 0 bridgehead atoms. The zero-order valence-electron chi connectivity index (χ0n) is 8.77. The number of alkyl halides is 1. The molecule has 0 aliphatic carbocycles. The van der Waals surface area contributed by atoms with Gasteiger partial charge in [0.05, 0.1) is 22.4 Å². The molecule has 1 atom stereocenters. The third kappa shape index (κ3) is 2.52. The number of aromatic nitrogens is 3. The molecule has 16 heavy (non-hydrogen) atoms. The summed E-state index contributed by atoms with van der Waals surface area (Å²) in [6.45, 7) is 2.11. The summed E-state index contributed by atoms with van der Waals surface area (Å²) in [5.74, 6) is 0. The fourth-order valence-corrected chi connectivity index (χ4v) is 1.97. The Morgan fingerprint density at radius 2 is 2.25 bits per heavy atom. The molecule has 0 N–H and O–H groups in total. The Morgan fingerprint density at radius 3 is 2.94 bits per heavy atom. The molecule has 2 rings (SSSR count). The van der Waals surface area contributed by atoms with Gasteiger partial charge in [0.1, 0.15) is 0 Å². The monoisotopic (exact) mass is 343 g/mol. The first-order chi connectivity index (χ1) is 7.70. The molecule has 0 saturated carbocycles. The fourth-order valence-electron chi connectivity index (χ4n) is 1.37. The van der Waals surface area contributed by atoms with E-state index in [0.29, 0.717) is 0 Å². The number of hydrogen-bond donors (Lipinski definition) is 0. The zero-order chi connectivity index (χ0) is 11.5. The van der Waals surface area contributed by atoms with Crippen LogP contribution in [0.2, 0.25) is 0 Å². The molecule has 2 aromatic rings. The predicted molar refractivity (Wildman–Crippen MR) is 71.0 cm³/mol. The van der Waals surface area contributed by atoms with Crippen molar-refractivity contribution in [1.82, 2.24) is 15.0 Å². The quantitative estimate of drug-likeness (QED) is 0.791. The van der Waals surface area contributed by atoms with Crippen molar-refractivity contribution in [3.05, 3.63) is 40.6 Å². The van der Waals surface area contributed by atoms with Crippen LogP contribution in [0.15, 0.2) is 34.9 Å². The maximum absolute atomic E-state index is 4.14. The summed E-state index contributed by atoms with van der Waals surface area (Å²) in [6.07, 6.45) is 2.95. The Bertz CT molecular complexity index is 482. The van der Waals surface area contributed by atoms with Crippen molar-refractivity contribution in [2.45, 2.75) is 18.2 Å². The third-order valence-electron chi connectivity index (χ3n) is 2.26. The molecule has 3 nitrogen and oxygen atoms in total. The van der Waals surface area contributed by atoms with E-state index in [2.05, 4.69) is 49.1 Å². The van der Waals surface area contributed by atoms with Crippen molar-refractivity contribution >= 4 is 31.9 Å². The van der Waals surface area contributed by atoms with E-state index >= 15 is 0 Å². The Labute approximate surface area is 111 Å². The van der Waals surface area contributed by atoms with Crippen LogP contribution >= 0.6 is 31.9 Å². The second-order valence-electron chi connectivity index (χ2n) is 3.44. The summed E-state index contributed by atoms with van der Waals surface area (Å²) < 4.78 is 2.82. The van der Waals surface area contributed by atoms with Gasteiger partial charge in [-0.3, -0.25) is 0 Å². The van der Waals surface area contributed by atoms with Gasteiger partial charge in [-0.2, -0.15) is 0 Å². The summed E-state index contributed by atoms with van der Waals surface area (Å²) in [5.41, 5.74) is 1.96. The summed E-state index contributed by atoms with van der Waals surface area (Å²) in [5, 5.41) is 8.26. The Kier molecular flexibility index (Phi) is 3.76. The lowest BCUT2D eigenvalue weighted by atomic mass is 10.3. The lowest BCUT2D eigenvalue weighted by Gasteiger charge is -2.01. The highest BCUT2D eigenvalue weighted by molar-refractivity contribution is 9.10. The normalized spacial score (nSPS) is 12.7. The topological polar surface area (TPSA) is 30.7 Å². The van der Waals surface area contributed by atoms with Gasteiger partial charge in [-0.1, -0.05) is 50.1 Å². The van der Waals surface area contributed by atoms with Gasteiger partial charge in [0.15, 0.2) is 0 Å². The molecule has 0 radical (unpaired) electrons. The van der Waals surface area contributed by atoms with Crippen LogP contribution in [0.25, 0.3) is 5.69 Å². The SMILES string of the molecule is CCC(Br)c1cn(-c2cccc(Br)c2)nn1. The largest absolute Gasteiger partial charge is 0.220 e. The van der Waals surface area contributed by atoms with E-state index in [9.17, 15) is 0 Å². The molecule has 1 aromatic carbocycles. The lowest BCUT2D eigenvalue weighted by Crippen LogP contribution is -1.94. The number of benzene rings is 1. The first-order valence-electron chi connectivity index (χ1n) is 5.03. The number of hydrogen-bond acceptors (Lipinski definition) is 2. The second-order valence-corrected chi connectivity index (χ2v) is 5.46. The van der Waals surface area contributed by atoms with Crippen LogP contribution in [-0.2, 0) is 0 Å².